The molecule has 0 bridgehead atoms. The highest BCUT2D eigenvalue weighted by Crippen LogP contribution is 2.38. The minimum Gasteiger partial charge on any atom is -0.341 e. The van der Waals surface area contributed by atoms with Gasteiger partial charge in [-0.2, -0.15) is 0 Å². The molecular weight excluding hydrogens is 1030 g/mol. The molecule has 0 aliphatic heterocycles. The third-order valence-electron chi connectivity index (χ3n) is 14.5. The van der Waals surface area contributed by atoms with Gasteiger partial charge in [-0.3, -0.25) is 0 Å². The van der Waals surface area contributed by atoms with Gasteiger partial charge in [-0.15, -0.1) is 21.9 Å². The van der Waals surface area contributed by atoms with Crippen molar-refractivity contribution in [2.24, 2.45) is 0 Å². The Morgan fingerprint density at radius 1 is 0.257 bits per heavy atom. The maximum atomic E-state index is 17.3. The lowest BCUT2D eigenvalue weighted by molar-refractivity contribution is -0.725. The average Bonchev–Trinajstić information content (AvgIpc) is 3.38. The van der Waals surface area contributed by atoms with Crippen LogP contribution < -0.4 is 27.2 Å². The van der Waals surface area contributed by atoms with Crippen LogP contribution in [0.5, 0.6) is 0 Å². The summed E-state index contributed by atoms with van der Waals surface area (Å²) in [6, 6.07) is 1.51. The Hall–Kier alpha value is -6.58. The van der Waals surface area contributed by atoms with E-state index in [0.29, 0.717) is 0 Å². The number of fused-ring (bicyclic) bond motifs is 4. The molecule has 2 saturated carbocycles. The van der Waals surface area contributed by atoms with Crippen molar-refractivity contribution < 1.29 is 93.1 Å². The van der Waals surface area contributed by atoms with Crippen molar-refractivity contribution in [3.63, 3.8) is 0 Å². The summed E-state index contributed by atoms with van der Waals surface area (Å²) in [6.45, 7) is 0. The molecule has 0 spiro atoms. The smallest absolute Gasteiger partial charge is 0.191 e. The Bertz CT molecular complexity index is 3190. The quantitative estimate of drug-likeness (QED) is 0.0971. The molecule has 0 amide bonds. The Kier molecular flexibility index (Phi) is 13.9. The van der Waals surface area contributed by atoms with Crippen LogP contribution in [0.2, 0.25) is 0 Å². The average molecular weight is 1060 g/mol. The Morgan fingerprint density at radius 3 is 0.689 bits per heavy atom. The van der Waals surface area contributed by atoms with Crippen molar-refractivity contribution in [1.29, 1.82) is 0 Å². The first-order valence-corrected chi connectivity index (χ1v) is 22.9. The molecule has 0 atom stereocenters. The zero-order valence-corrected chi connectivity index (χ0v) is 37.6. The van der Waals surface area contributed by atoms with E-state index in [0.717, 1.165) is 12.1 Å². The highest BCUT2D eigenvalue weighted by atomic mass is 19.2. The van der Waals surface area contributed by atoms with Crippen LogP contribution in [-0.2, 0) is 0 Å². The second-order valence-corrected chi connectivity index (χ2v) is 18.4. The number of rotatable bonds is 6. The van der Waals surface area contributed by atoms with Crippen molar-refractivity contribution in [3.8, 4) is 0 Å². The minimum absolute atomic E-state index is 0.0220. The summed E-state index contributed by atoms with van der Waals surface area (Å²) in [5.74, 6) is -54.8. The van der Waals surface area contributed by atoms with Crippen molar-refractivity contribution in [2.45, 2.75) is 76.3 Å². The summed E-state index contributed by atoms with van der Waals surface area (Å²) in [5.41, 5.74) is -9.74. The van der Waals surface area contributed by atoms with E-state index in [9.17, 15) is 17.6 Å². The SMILES string of the molecule is C1CCC([NH2+]C2CCCCC2)CC1.Fc1ccc2c([B-](c3c(F)c(F)c(F)c4c(F)c(F)ccc34)(c3c(F)c(F)c(F)c4c(F)c(F)ccc34)c3c(F)c(F)c(F)c4c(F)c(F)ccc34)c(F)c(F)c(F)c2c1F. The largest absolute Gasteiger partial charge is 0.341 e. The van der Waals surface area contributed by atoms with Gasteiger partial charge in [-0.05, 0) is 97.2 Å². The van der Waals surface area contributed by atoms with Crippen molar-refractivity contribution in [3.05, 3.63) is 165 Å². The second-order valence-electron chi connectivity index (χ2n) is 18.4. The first-order chi connectivity index (χ1) is 35.1. The van der Waals surface area contributed by atoms with Gasteiger partial charge >= 0.3 is 0 Å². The molecule has 0 unspecified atom stereocenters. The van der Waals surface area contributed by atoms with Crippen LogP contribution in [0.4, 0.5) is 87.8 Å². The monoisotopic (exact) mass is 1060 g/mol. The molecule has 2 N–H and O–H groups in total. The van der Waals surface area contributed by atoms with Crippen LogP contribution in [0.15, 0.2) is 48.5 Å². The van der Waals surface area contributed by atoms with E-state index in [1.807, 2.05) is 0 Å². The number of benzene rings is 8. The molecule has 2 fully saturated rings. The number of hydrogen-bond acceptors (Lipinski definition) is 0. The van der Waals surface area contributed by atoms with E-state index in [4.69, 9.17) is 0 Å². The highest BCUT2D eigenvalue weighted by Gasteiger charge is 2.49. The molecule has 0 aromatic heterocycles. The van der Waals surface area contributed by atoms with Crippen LogP contribution in [0, 0.1) is 116 Å². The number of nitrogens with two attached hydrogens (primary N) is 1. The lowest BCUT2D eigenvalue weighted by Crippen LogP contribution is -2.95. The van der Waals surface area contributed by atoms with Crippen LogP contribution in [0.3, 0.4) is 0 Å². The fraction of sp³-hybridized carbons (Fsp3) is 0.231. The molecule has 2 aliphatic carbocycles. The van der Waals surface area contributed by atoms with E-state index in [1.165, 1.54) is 64.2 Å². The lowest BCUT2D eigenvalue weighted by atomic mass is 9.11. The summed E-state index contributed by atoms with van der Waals surface area (Å²) in [4.78, 5) is 0. The van der Waals surface area contributed by atoms with Gasteiger partial charge in [0.2, 0.25) is 0 Å². The summed E-state index contributed by atoms with van der Waals surface area (Å²) < 4.78 is 318. The first kappa shape index (κ1) is 52.3. The maximum absolute atomic E-state index is 17.3. The topological polar surface area (TPSA) is 16.6 Å². The zero-order chi connectivity index (χ0) is 53.6. The molecule has 0 heterocycles. The lowest BCUT2D eigenvalue weighted by Gasteiger charge is -2.47. The standard InChI is InChI=1S/C40H8BF20.C12H23N/c42-13-5-1-9-17(25(13)46)29(50)37(58)33(54)21(9)41(22-10-2-6-14(43)26(47)18(10)30(51)38(59)34(22)55,23-11-3-7-15(44)27(48)19(11)31(52)39(60)35(23)56)24-12-4-8-16(45)28(49)20(12)32(53)40(61)36(24)57;1-3-7-11(8-4-1)13-12-9-5-2-6-10-12/h1-8H;11-13H,1-10H2/q-1;/p+1. The van der Waals surface area contributed by atoms with E-state index < -0.39 is 187 Å². The molecule has 1 nitrogen and oxygen atoms in total. The van der Waals surface area contributed by atoms with Gasteiger partial charge in [0.1, 0.15) is 29.4 Å². The van der Waals surface area contributed by atoms with Crippen molar-refractivity contribution in [1.82, 2.24) is 0 Å². The molecule has 0 radical (unpaired) electrons. The predicted molar refractivity (Wildman–Crippen MR) is 235 cm³/mol. The number of quaternary nitrogens is 1. The molecule has 22 heteroatoms. The number of halogens is 20. The number of hydrogen-bond donors (Lipinski definition) is 1. The van der Waals surface area contributed by atoms with Gasteiger partial charge in [0.15, 0.2) is 93.1 Å². The third kappa shape index (κ3) is 7.90. The van der Waals surface area contributed by atoms with Crippen LogP contribution in [-0.4, -0.2) is 18.2 Å². The van der Waals surface area contributed by atoms with E-state index in [1.54, 1.807) is 0 Å². The van der Waals surface area contributed by atoms with Gasteiger partial charge in [0.05, 0.1) is 33.6 Å². The first-order valence-electron chi connectivity index (χ1n) is 22.9. The summed E-state index contributed by atoms with van der Waals surface area (Å²) in [6.07, 6.45) is 8.66. The molecule has 10 rings (SSSR count). The van der Waals surface area contributed by atoms with E-state index in [-0.39, 0.29) is 48.5 Å². The second kappa shape index (κ2) is 19.6. The summed E-state index contributed by atoms with van der Waals surface area (Å²) in [5, 5.41) is -13.5. The molecule has 2 aliphatic rings. The summed E-state index contributed by atoms with van der Waals surface area (Å²) in [7, 11) is 0. The molecular formula is C52H32BF20N. The fourth-order valence-electron chi connectivity index (χ4n) is 11.3. The van der Waals surface area contributed by atoms with E-state index in [2.05, 4.69) is 5.32 Å². The van der Waals surface area contributed by atoms with E-state index >= 15 is 70.2 Å². The predicted octanol–water partition coefficient (Wildman–Crippen LogP) is 12.7. The maximum Gasteiger partial charge on any atom is 0.191 e. The minimum atomic E-state index is -6.29. The van der Waals surface area contributed by atoms with Gasteiger partial charge in [-0.25, -0.2) is 87.8 Å². The normalized spacial score (nSPS) is 15.0. The van der Waals surface area contributed by atoms with Gasteiger partial charge in [-0.1, -0.05) is 37.1 Å². The Morgan fingerprint density at radius 2 is 0.473 bits per heavy atom. The highest BCUT2D eigenvalue weighted by molar-refractivity contribution is 7.23. The Labute approximate surface area is 404 Å². The van der Waals surface area contributed by atoms with Gasteiger partial charge in [0, 0.05) is 0 Å². The van der Waals surface area contributed by atoms with Crippen LogP contribution in [0.25, 0.3) is 43.1 Å². The van der Waals surface area contributed by atoms with Crippen molar-refractivity contribution in [2.75, 3.05) is 0 Å². The molecule has 8 aromatic carbocycles. The van der Waals surface area contributed by atoms with Crippen molar-refractivity contribution >= 4 is 71.1 Å². The Balaban J connectivity index is 0.000000448. The van der Waals surface area contributed by atoms with Gasteiger partial charge < -0.3 is 5.32 Å². The molecule has 388 valence electrons. The molecule has 0 saturated heterocycles. The van der Waals surface area contributed by atoms with Gasteiger partial charge in [0.25, 0.3) is 0 Å². The van der Waals surface area contributed by atoms with Crippen LogP contribution in [0.1, 0.15) is 64.2 Å². The third-order valence-corrected chi connectivity index (χ3v) is 14.5. The fourth-order valence-corrected chi connectivity index (χ4v) is 11.3. The molecule has 74 heavy (non-hydrogen) atoms. The zero-order valence-electron chi connectivity index (χ0n) is 37.6. The van der Waals surface area contributed by atoms with Crippen LogP contribution >= 0.6 is 0 Å². The molecule has 8 aromatic rings. The summed E-state index contributed by atoms with van der Waals surface area (Å²) >= 11 is 0.